The van der Waals surface area contributed by atoms with Crippen LogP contribution in [0.1, 0.15) is 27.8 Å². The van der Waals surface area contributed by atoms with Gasteiger partial charge in [-0.2, -0.15) is 0 Å². The van der Waals surface area contributed by atoms with Gasteiger partial charge in [-0.15, -0.1) is 0 Å². The number of aromatic nitrogens is 3. The summed E-state index contributed by atoms with van der Waals surface area (Å²) in [7, 11) is 3.51. The van der Waals surface area contributed by atoms with Crippen molar-refractivity contribution in [1.29, 1.82) is 0 Å². The van der Waals surface area contributed by atoms with Crippen molar-refractivity contribution < 1.29 is 13.9 Å². The highest BCUT2D eigenvalue weighted by Crippen LogP contribution is 2.31. The summed E-state index contributed by atoms with van der Waals surface area (Å²) >= 11 is 0. The zero-order valence-electron chi connectivity index (χ0n) is 18.2. The number of para-hydroxylation sites is 2. The fraction of sp³-hybridized carbons (Fsp3) is 0.115. The maximum absolute atomic E-state index is 13.7. The molecular weight excluding hydrogens is 416 g/mol. The number of aryl methyl sites for hydroxylation is 1. The van der Waals surface area contributed by atoms with Crippen LogP contribution in [0.15, 0.2) is 89.8 Å². The number of rotatable bonds is 6. The number of fused-ring (bicyclic) bond motifs is 1. The molecule has 7 nitrogen and oxygen atoms in total. The first-order valence-corrected chi connectivity index (χ1v) is 10.5. The summed E-state index contributed by atoms with van der Waals surface area (Å²) < 4.78 is 13.0. The molecule has 2 aromatic carbocycles. The summed E-state index contributed by atoms with van der Waals surface area (Å²) in [5, 5.41) is 3.93. The third-order valence-electron chi connectivity index (χ3n) is 5.58. The molecule has 0 aliphatic rings. The number of methoxy groups -OCH3 is 1. The number of ether oxygens (including phenoxy) is 1. The number of furan rings is 1. The molecule has 0 aliphatic heterocycles. The number of hydrogen-bond donors (Lipinski definition) is 1. The zero-order valence-corrected chi connectivity index (χ0v) is 18.2. The van der Waals surface area contributed by atoms with Crippen LogP contribution in [0, 0.1) is 0 Å². The number of carbonyl (C=O) groups excluding carboxylic acids is 1. The molecular formula is C26H22N4O3. The molecule has 0 bridgehead atoms. The Hall–Kier alpha value is -4.39. The standard InChI is InChI=1S/C26H22N4O3/c1-30-14-13-27-25(30)24(18-9-4-6-11-22(18)32-2)29-26(31)19-16-21(23-12-7-15-33-23)28-20-10-5-3-8-17(19)20/h3-16,24H,1-2H3,(H,29,31). The second-order valence-corrected chi connectivity index (χ2v) is 7.59. The minimum atomic E-state index is -0.521. The van der Waals surface area contributed by atoms with E-state index in [0.29, 0.717) is 34.1 Å². The number of hydrogen-bond acceptors (Lipinski definition) is 5. The summed E-state index contributed by atoms with van der Waals surface area (Å²) in [4.78, 5) is 22.9. The van der Waals surface area contributed by atoms with Crippen molar-refractivity contribution in [2.75, 3.05) is 7.11 Å². The fourth-order valence-electron chi connectivity index (χ4n) is 3.96. The smallest absolute Gasteiger partial charge is 0.252 e. The van der Waals surface area contributed by atoms with Crippen LogP contribution in [0.5, 0.6) is 5.75 Å². The third-order valence-corrected chi connectivity index (χ3v) is 5.58. The van der Waals surface area contributed by atoms with Gasteiger partial charge in [-0.3, -0.25) is 4.79 Å². The van der Waals surface area contributed by atoms with E-state index in [9.17, 15) is 4.79 Å². The van der Waals surface area contributed by atoms with Gasteiger partial charge in [0, 0.05) is 30.4 Å². The summed E-state index contributed by atoms with van der Waals surface area (Å²) in [6, 6.07) is 20.0. The van der Waals surface area contributed by atoms with Gasteiger partial charge in [0.2, 0.25) is 0 Å². The summed E-state index contributed by atoms with van der Waals surface area (Å²) in [5.41, 5.74) is 2.62. The van der Waals surface area contributed by atoms with Crippen LogP contribution in [-0.4, -0.2) is 27.6 Å². The first kappa shape index (κ1) is 20.5. The molecule has 1 unspecified atom stereocenters. The zero-order chi connectivity index (χ0) is 22.8. The van der Waals surface area contributed by atoms with Crippen LogP contribution in [-0.2, 0) is 7.05 Å². The van der Waals surface area contributed by atoms with Gasteiger partial charge in [0.15, 0.2) is 5.76 Å². The first-order valence-electron chi connectivity index (χ1n) is 10.5. The van der Waals surface area contributed by atoms with E-state index >= 15 is 0 Å². The summed E-state index contributed by atoms with van der Waals surface area (Å²) in [5.74, 6) is 1.71. The normalized spacial score (nSPS) is 11.9. The van der Waals surface area contributed by atoms with E-state index in [1.54, 1.807) is 31.7 Å². The van der Waals surface area contributed by atoms with Crippen LogP contribution in [0.2, 0.25) is 0 Å². The van der Waals surface area contributed by atoms with E-state index in [-0.39, 0.29) is 5.91 Å². The molecule has 0 radical (unpaired) electrons. The van der Waals surface area contributed by atoms with Gasteiger partial charge in [0.05, 0.1) is 24.5 Å². The molecule has 7 heteroatoms. The number of imidazole rings is 1. The van der Waals surface area contributed by atoms with Gasteiger partial charge in [-0.05, 0) is 30.3 Å². The Bertz CT molecular complexity index is 1420. The van der Waals surface area contributed by atoms with Gasteiger partial charge in [-0.25, -0.2) is 9.97 Å². The molecule has 0 saturated heterocycles. The Kier molecular flexibility index (Phi) is 5.36. The van der Waals surface area contributed by atoms with E-state index in [4.69, 9.17) is 9.15 Å². The molecule has 33 heavy (non-hydrogen) atoms. The van der Waals surface area contributed by atoms with Crippen molar-refractivity contribution in [3.63, 3.8) is 0 Å². The van der Waals surface area contributed by atoms with Gasteiger partial charge < -0.3 is 19.0 Å². The maximum atomic E-state index is 13.7. The van der Waals surface area contributed by atoms with Crippen molar-refractivity contribution in [3.05, 3.63) is 102 Å². The molecule has 0 spiro atoms. The average Bonchev–Trinajstić information content (AvgIpc) is 3.54. The van der Waals surface area contributed by atoms with Crippen LogP contribution < -0.4 is 10.1 Å². The van der Waals surface area contributed by atoms with E-state index in [1.807, 2.05) is 72.4 Å². The molecule has 0 aliphatic carbocycles. The van der Waals surface area contributed by atoms with Crippen LogP contribution in [0.25, 0.3) is 22.4 Å². The molecule has 3 heterocycles. The second kappa shape index (κ2) is 8.63. The summed E-state index contributed by atoms with van der Waals surface area (Å²) in [6.07, 6.45) is 5.15. The molecule has 1 N–H and O–H groups in total. The van der Waals surface area contributed by atoms with Gasteiger partial charge in [-0.1, -0.05) is 36.4 Å². The Morgan fingerprint density at radius 1 is 1.09 bits per heavy atom. The van der Waals surface area contributed by atoms with Gasteiger partial charge in [0.1, 0.15) is 23.3 Å². The van der Waals surface area contributed by atoms with Crippen molar-refractivity contribution >= 4 is 16.8 Å². The number of benzene rings is 2. The second-order valence-electron chi connectivity index (χ2n) is 7.59. The Labute approximate surface area is 190 Å². The van der Waals surface area contributed by atoms with Crippen molar-refractivity contribution in [2.45, 2.75) is 6.04 Å². The first-order chi connectivity index (χ1) is 16.2. The molecule has 5 rings (SSSR count). The number of carbonyl (C=O) groups is 1. The van der Waals surface area contributed by atoms with Crippen molar-refractivity contribution in [3.8, 4) is 17.2 Å². The van der Waals surface area contributed by atoms with Crippen LogP contribution >= 0.6 is 0 Å². The predicted molar refractivity (Wildman–Crippen MR) is 125 cm³/mol. The van der Waals surface area contributed by atoms with Gasteiger partial charge in [0.25, 0.3) is 5.91 Å². The lowest BCUT2D eigenvalue weighted by atomic mass is 10.0. The Morgan fingerprint density at radius 3 is 2.67 bits per heavy atom. The Morgan fingerprint density at radius 2 is 1.91 bits per heavy atom. The quantitative estimate of drug-likeness (QED) is 0.413. The molecule has 1 amide bonds. The molecule has 3 aromatic heterocycles. The van der Waals surface area contributed by atoms with E-state index in [0.717, 1.165) is 10.9 Å². The van der Waals surface area contributed by atoms with E-state index < -0.39 is 6.04 Å². The summed E-state index contributed by atoms with van der Waals surface area (Å²) in [6.45, 7) is 0. The molecule has 5 aromatic rings. The highest BCUT2D eigenvalue weighted by Gasteiger charge is 2.25. The number of amides is 1. The average molecular weight is 438 g/mol. The van der Waals surface area contributed by atoms with E-state index in [2.05, 4.69) is 15.3 Å². The monoisotopic (exact) mass is 438 g/mol. The minimum Gasteiger partial charge on any atom is -0.496 e. The van der Waals surface area contributed by atoms with Crippen molar-refractivity contribution in [1.82, 2.24) is 19.9 Å². The molecule has 0 saturated carbocycles. The lowest BCUT2D eigenvalue weighted by Gasteiger charge is -2.21. The maximum Gasteiger partial charge on any atom is 0.252 e. The Balaban J connectivity index is 1.62. The fourth-order valence-corrected chi connectivity index (χ4v) is 3.96. The molecule has 0 fully saturated rings. The number of pyridine rings is 1. The lowest BCUT2D eigenvalue weighted by molar-refractivity contribution is 0.0942. The predicted octanol–water partition coefficient (Wildman–Crippen LogP) is 4.76. The van der Waals surface area contributed by atoms with Crippen molar-refractivity contribution in [2.24, 2.45) is 7.05 Å². The number of nitrogens with zero attached hydrogens (tertiary/aromatic N) is 3. The third kappa shape index (κ3) is 3.85. The van der Waals surface area contributed by atoms with E-state index in [1.165, 1.54) is 0 Å². The minimum absolute atomic E-state index is 0.250. The van der Waals surface area contributed by atoms with Gasteiger partial charge >= 0.3 is 0 Å². The van der Waals surface area contributed by atoms with Crippen LogP contribution in [0.3, 0.4) is 0 Å². The number of nitrogens with one attached hydrogen (secondary N) is 1. The lowest BCUT2D eigenvalue weighted by Crippen LogP contribution is -2.31. The highest BCUT2D eigenvalue weighted by molar-refractivity contribution is 6.07. The molecule has 1 atom stereocenters. The topological polar surface area (TPSA) is 82.2 Å². The largest absolute Gasteiger partial charge is 0.496 e. The SMILES string of the molecule is COc1ccccc1C(NC(=O)c1cc(-c2ccco2)nc2ccccc12)c1nccn1C. The molecule has 164 valence electrons. The highest BCUT2D eigenvalue weighted by atomic mass is 16.5. The van der Waals surface area contributed by atoms with Crippen LogP contribution in [0.4, 0.5) is 0 Å².